The summed E-state index contributed by atoms with van der Waals surface area (Å²) in [7, 11) is 0. The number of nitrogens with one attached hydrogen (secondary N) is 2. The van der Waals surface area contributed by atoms with E-state index in [0.717, 1.165) is 5.69 Å². The van der Waals surface area contributed by atoms with Gasteiger partial charge in [-0.3, -0.25) is 4.79 Å². The Labute approximate surface area is 82.3 Å². The highest BCUT2D eigenvalue weighted by atomic mass is 16.4. The molecule has 5 N–H and O–H groups in total. The Bertz CT molecular complexity index is 272. The third-order valence-corrected chi connectivity index (χ3v) is 1.82. The van der Waals surface area contributed by atoms with Crippen molar-refractivity contribution in [2.45, 2.75) is 19.0 Å². The number of carbonyl (C=O) groups is 1. The van der Waals surface area contributed by atoms with E-state index in [1.54, 1.807) is 0 Å². The van der Waals surface area contributed by atoms with Gasteiger partial charge in [0.2, 0.25) is 0 Å². The second-order valence-corrected chi connectivity index (χ2v) is 3.18. The Morgan fingerprint density at radius 3 is 3.07 bits per heavy atom. The van der Waals surface area contributed by atoms with Gasteiger partial charge < -0.3 is 21.1 Å². The van der Waals surface area contributed by atoms with Crippen molar-refractivity contribution < 1.29 is 9.90 Å². The number of H-pyrrole nitrogens is 1. The molecule has 0 aliphatic rings. The second kappa shape index (κ2) is 5.41. The number of rotatable bonds is 6. The van der Waals surface area contributed by atoms with Crippen LogP contribution in [0.25, 0.3) is 0 Å². The lowest BCUT2D eigenvalue weighted by Crippen LogP contribution is -2.35. The van der Waals surface area contributed by atoms with Crippen LogP contribution < -0.4 is 11.1 Å². The van der Waals surface area contributed by atoms with Crippen molar-refractivity contribution >= 4 is 5.97 Å². The fourth-order valence-corrected chi connectivity index (χ4v) is 1.17. The average Bonchev–Trinajstić information content (AvgIpc) is 2.55. The lowest BCUT2D eigenvalue weighted by atomic mass is 10.2. The molecular weight excluding hydrogens is 182 g/mol. The molecule has 5 nitrogen and oxygen atoms in total. The lowest BCUT2D eigenvalue weighted by molar-refractivity contribution is -0.137. The first-order valence-electron chi connectivity index (χ1n) is 4.49. The highest BCUT2D eigenvalue weighted by Gasteiger charge is 2.06. The monoisotopic (exact) mass is 197 g/mol. The van der Waals surface area contributed by atoms with Gasteiger partial charge in [0.1, 0.15) is 0 Å². The predicted molar refractivity (Wildman–Crippen MR) is 52.7 cm³/mol. The number of aromatic amines is 1. The fourth-order valence-electron chi connectivity index (χ4n) is 1.17. The molecule has 0 fully saturated rings. The van der Waals surface area contributed by atoms with E-state index in [1.165, 1.54) is 0 Å². The van der Waals surface area contributed by atoms with Crippen LogP contribution >= 0.6 is 0 Å². The third kappa shape index (κ3) is 4.06. The Morgan fingerprint density at radius 1 is 1.71 bits per heavy atom. The largest absolute Gasteiger partial charge is 0.481 e. The van der Waals surface area contributed by atoms with Crippen LogP contribution in [0.5, 0.6) is 0 Å². The van der Waals surface area contributed by atoms with Gasteiger partial charge in [-0.25, -0.2) is 0 Å². The van der Waals surface area contributed by atoms with Crippen LogP contribution in [0.1, 0.15) is 12.1 Å². The molecule has 1 unspecified atom stereocenters. The maximum Gasteiger partial charge on any atom is 0.304 e. The summed E-state index contributed by atoms with van der Waals surface area (Å²) in [6, 6.07) is 3.53. The van der Waals surface area contributed by atoms with Gasteiger partial charge in [0, 0.05) is 31.0 Å². The number of carboxylic acid groups (broad SMARTS) is 1. The third-order valence-electron chi connectivity index (χ3n) is 1.82. The van der Waals surface area contributed by atoms with Crippen molar-refractivity contribution in [2.24, 2.45) is 5.73 Å². The summed E-state index contributed by atoms with van der Waals surface area (Å²) in [5.74, 6) is -0.862. The van der Waals surface area contributed by atoms with Gasteiger partial charge >= 0.3 is 5.97 Å². The van der Waals surface area contributed by atoms with E-state index in [-0.39, 0.29) is 12.5 Å². The highest BCUT2D eigenvalue weighted by Crippen LogP contribution is 1.93. The van der Waals surface area contributed by atoms with Gasteiger partial charge in [0.25, 0.3) is 0 Å². The molecule has 0 bridgehead atoms. The quantitative estimate of drug-likeness (QED) is 0.513. The Kier molecular flexibility index (Phi) is 4.15. The Balaban J connectivity index is 2.12. The summed E-state index contributed by atoms with van der Waals surface area (Å²) in [5.41, 5.74) is 6.62. The van der Waals surface area contributed by atoms with Crippen molar-refractivity contribution in [3.8, 4) is 0 Å². The first-order valence-corrected chi connectivity index (χ1v) is 4.49. The van der Waals surface area contributed by atoms with E-state index < -0.39 is 5.97 Å². The first-order chi connectivity index (χ1) is 6.68. The molecule has 0 saturated heterocycles. The van der Waals surface area contributed by atoms with Crippen LogP contribution in [0.3, 0.4) is 0 Å². The van der Waals surface area contributed by atoms with E-state index in [9.17, 15) is 4.79 Å². The number of hydrogen-bond acceptors (Lipinski definition) is 3. The van der Waals surface area contributed by atoms with E-state index >= 15 is 0 Å². The molecule has 78 valence electrons. The molecule has 1 aromatic rings. The Morgan fingerprint density at radius 2 is 2.50 bits per heavy atom. The molecule has 0 spiro atoms. The van der Waals surface area contributed by atoms with Crippen LogP contribution in [-0.2, 0) is 11.3 Å². The molecule has 5 heteroatoms. The van der Waals surface area contributed by atoms with E-state index in [1.807, 2.05) is 18.3 Å². The lowest BCUT2D eigenvalue weighted by Gasteiger charge is -2.09. The second-order valence-electron chi connectivity index (χ2n) is 3.18. The van der Waals surface area contributed by atoms with E-state index in [0.29, 0.717) is 13.1 Å². The topological polar surface area (TPSA) is 91.1 Å². The number of hydrogen-bond donors (Lipinski definition) is 4. The van der Waals surface area contributed by atoms with Gasteiger partial charge in [-0.1, -0.05) is 0 Å². The molecule has 1 atom stereocenters. The van der Waals surface area contributed by atoms with Crippen LogP contribution in [-0.4, -0.2) is 28.6 Å². The molecule has 0 radical (unpaired) electrons. The highest BCUT2D eigenvalue weighted by molar-refractivity contribution is 5.67. The van der Waals surface area contributed by atoms with Gasteiger partial charge in [-0.15, -0.1) is 0 Å². The minimum Gasteiger partial charge on any atom is -0.481 e. The van der Waals surface area contributed by atoms with E-state index in [2.05, 4.69) is 10.3 Å². The zero-order valence-electron chi connectivity index (χ0n) is 7.86. The summed E-state index contributed by atoms with van der Waals surface area (Å²) in [4.78, 5) is 13.3. The zero-order valence-corrected chi connectivity index (χ0v) is 7.86. The summed E-state index contributed by atoms with van der Waals surface area (Å²) < 4.78 is 0. The van der Waals surface area contributed by atoms with Crippen LogP contribution in [0.4, 0.5) is 0 Å². The summed E-state index contributed by atoms with van der Waals surface area (Å²) in [5, 5.41) is 11.5. The molecule has 0 aliphatic heterocycles. The van der Waals surface area contributed by atoms with Gasteiger partial charge in [-0.05, 0) is 12.1 Å². The van der Waals surface area contributed by atoms with Gasteiger partial charge in [0.15, 0.2) is 0 Å². The number of aromatic nitrogens is 1. The predicted octanol–water partition coefficient (Wildman–Crippen LogP) is -0.0937. The normalized spacial score (nSPS) is 12.6. The minimum absolute atomic E-state index is 0.00226. The van der Waals surface area contributed by atoms with Gasteiger partial charge in [0.05, 0.1) is 6.42 Å². The maximum atomic E-state index is 10.3. The molecular formula is C9H15N3O2. The van der Waals surface area contributed by atoms with Crippen LogP contribution in [0.15, 0.2) is 18.3 Å². The van der Waals surface area contributed by atoms with Crippen molar-refractivity contribution in [3.05, 3.63) is 24.0 Å². The molecule has 1 aromatic heterocycles. The van der Waals surface area contributed by atoms with Crippen molar-refractivity contribution in [1.82, 2.24) is 10.3 Å². The summed E-state index contributed by atoms with van der Waals surface area (Å²) >= 11 is 0. The Hall–Kier alpha value is -1.33. The number of nitrogens with two attached hydrogens (primary N) is 1. The van der Waals surface area contributed by atoms with Crippen LogP contribution in [0, 0.1) is 0 Å². The average molecular weight is 197 g/mol. The summed E-state index contributed by atoms with van der Waals surface area (Å²) in [6.45, 7) is 1.19. The van der Waals surface area contributed by atoms with E-state index in [4.69, 9.17) is 10.8 Å². The number of aliphatic carboxylic acids is 1. The SMILES string of the molecule is NC(CNCc1ccc[nH]1)CC(=O)O. The smallest absolute Gasteiger partial charge is 0.304 e. The maximum absolute atomic E-state index is 10.3. The van der Waals surface area contributed by atoms with Crippen molar-refractivity contribution in [2.75, 3.05) is 6.54 Å². The molecule has 0 aliphatic carbocycles. The molecule has 0 saturated carbocycles. The molecule has 14 heavy (non-hydrogen) atoms. The standard InChI is InChI=1S/C9H15N3O2/c10-7(4-9(13)14)5-11-6-8-2-1-3-12-8/h1-3,7,11-12H,4-6,10H2,(H,13,14). The van der Waals surface area contributed by atoms with Crippen molar-refractivity contribution in [3.63, 3.8) is 0 Å². The minimum atomic E-state index is -0.862. The molecule has 0 aromatic carbocycles. The molecule has 1 heterocycles. The summed E-state index contributed by atoms with van der Waals surface area (Å²) in [6.07, 6.45) is 1.84. The molecule has 1 rings (SSSR count). The first kappa shape index (κ1) is 10.7. The number of carboxylic acids is 1. The van der Waals surface area contributed by atoms with Crippen molar-refractivity contribution in [1.29, 1.82) is 0 Å². The fraction of sp³-hybridized carbons (Fsp3) is 0.444. The zero-order chi connectivity index (χ0) is 10.4. The molecule has 0 amide bonds. The van der Waals surface area contributed by atoms with Gasteiger partial charge in [-0.2, -0.15) is 0 Å². The van der Waals surface area contributed by atoms with Crippen LogP contribution in [0.2, 0.25) is 0 Å².